The zero-order valence-corrected chi connectivity index (χ0v) is 14.4. The molecule has 1 aliphatic rings. The van der Waals surface area contributed by atoms with Gasteiger partial charge >= 0.3 is 0 Å². The van der Waals surface area contributed by atoms with Gasteiger partial charge in [-0.05, 0) is 29.7 Å². The smallest absolute Gasteiger partial charge is 0.191 e. The molecule has 0 spiro atoms. The van der Waals surface area contributed by atoms with Crippen molar-refractivity contribution in [2.75, 3.05) is 32.8 Å². The van der Waals surface area contributed by atoms with Crippen molar-refractivity contribution in [3.63, 3.8) is 0 Å². The molecule has 0 unspecified atom stereocenters. The lowest BCUT2D eigenvalue weighted by Gasteiger charge is -2.27. The van der Waals surface area contributed by atoms with Gasteiger partial charge in [-0.1, -0.05) is 42.5 Å². The highest BCUT2D eigenvalue weighted by Gasteiger charge is 2.11. The minimum Gasteiger partial charge on any atom is -0.489 e. The van der Waals surface area contributed by atoms with E-state index < -0.39 is 0 Å². The Hall–Kier alpha value is -2.53. The summed E-state index contributed by atoms with van der Waals surface area (Å²) in [6.45, 7) is 4.32. The summed E-state index contributed by atoms with van der Waals surface area (Å²) in [5.74, 6) is 1.49. The Balaban J connectivity index is 1.49. The van der Waals surface area contributed by atoms with Gasteiger partial charge in [-0.15, -0.1) is 0 Å². The first-order chi connectivity index (χ1) is 12.3. The van der Waals surface area contributed by atoms with Gasteiger partial charge in [-0.2, -0.15) is 0 Å². The first-order valence-electron chi connectivity index (χ1n) is 8.69. The second-order valence-electron chi connectivity index (χ2n) is 6.01. The van der Waals surface area contributed by atoms with Crippen molar-refractivity contribution in [1.29, 1.82) is 0 Å². The molecule has 0 aliphatic carbocycles. The SMILES string of the molecule is NC(=NCCc1cccc(OCc2ccccc2)c1)N1CCOCC1. The molecule has 25 heavy (non-hydrogen) atoms. The maximum atomic E-state index is 6.05. The molecule has 1 heterocycles. The molecular formula is C20H25N3O2. The van der Waals surface area contributed by atoms with Gasteiger partial charge in [0.15, 0.2) is 5.96 Å². The molecule has 1 aliphatic heterocycles. The molecule has 2 aromatic carbocycles. The number of benzene rings is 2. The van der Waals surface area contributed by atoms with E-state index in [9.17, 15) is 0 Å². The van der Waals surface area contributed by atoms with Crippen LogP contribution in [0.25, 0.3) is 0 Å². The summed E-state index contributed by atoms with van der Waals surface area (Å²) >= 11 is 0. The van der Waals surface area contributed by atoms with Crippen LogP contribution in [-0.2, 0) is 17.8 Å². The third kappa shape index (κ3) is 5.50. The molecule has 0 bridgehead atoms. The molecule has 0 saturated carbocycles. The van der Waals surface area contributed by atoms with Crippen LogP contribution in [0.15, 0.2) is 59.6 Å². The van der Waals surface area contributed by atoms with Crippen LogP contribution in [0.4, 0.5) is 0 Å². The number of morpholine rings is 1. The molecule has 0 radical (unpaired) electrons. The van der Waals surface area contributed by atoms with Gasteiger partial charge in [0.25, 0.3) is 0 Å². The number of hydrogen-bond donors (Lipinski definition) is 1. The van der Waals surface area contributed by atoms with Crippen molar-refractivity contribution < 1.29 is 9.47 Å². The molecule has 3 rings (SSSR count). The summed E-state index contributed by atoms with van der Waals surface area (Å²) in [6.07, 6.45) is 0.841. The third-order valence-electron chi connectivity index (χ3n) is 4.16. The average molecular weight is 339 g/mol. The highest BCUT2D eigenvalue weighted by molar-refractivity contribution is 5.78. The second-order valence-corrected chi connectivity index (χ2v) is 6.01. The third-order valence-corrected chi connectivity index (χ3v) is 4.16. The van der Waals surface area contributed by atoms with Crippen molar-refractivity contribution in [2.45, 2.75) is 13.0 Å². The van der Waals surface area contributed by atoms with E-state index in [-0.39, 0.29) is 0 Å². The number of aliphatic imine (C=N–C) groups is 1. The van der Waals surface area contributed by atoms with Crippen LogP contribution in [0.2, 0.25) is 0 Å². The van der Waals surface area contributed by atoms with E-state index >= 15 is 0 Å². The Morgan fingerprint density at radius 2 is 1.80 bits per heavy atom. The van der Waals surface area contributed by atoms with Crippen LogP contribution in [0.5, 0.6) is 5.75 Å². The molecule has 1 saturated heterocycles. The Morgan fingerprint density at radius 3 is 2.60 bits per heavy atom. The summed E-state index contributed by atoms with van der Waals surface area (Å²) < 4.78 is 11.2. The summed E-state index contributed by atoms with van der Waals surface area (Å²) in [4.78, 5) is 6.56. The lowest BCUT2D eigenvalue weighted by molar-refractivity contribution is 0.0674. The van der Waals surface area contributed by atoms with Crippen molar-refractivity contribution >= 4 is 5.96 Å². The van der Waals surface area contributed by atoms with Gasteiger partial charge < -0.3 is 20.1 Å². The van der Waals surface area contributed by atoms with Crippen molar-refractivity contribution in [3.8, 4) is 5.75 Å². The van der Waals surface area contributed by atoms with E-state index in [4.69, 9.17) is 15.2 Å². The Kier molecular flexibility index (Phi) is 6.29. The number of nitrogens with zero attached hydrogens (tertiary/aromatic N) is 2. The van der Waals surface area contributed by atoms with E-state index in [1.54, 1.807) is 0 Å². The number of rotatable bonds is 6. The lowest BCUT2D eigenvalue weighted by Crippen LogP contribution is -2.44. The molecule has 0 aromatic heterocycles. The highest BCUT2D eigenvalue weighted by atomic mass is 16.5. The van der Waals surface area contributed by atoms with Crippen LogP contribution >= 0.6 is 0 Å². The normalized spacial score (nSPS) is 15.2. The fourth-order valence-corrected chi connectivity index (χ4v) is 2.72. The van der Waals surface area contributed by atoms with E-state index in [1.165, 1.54) is 5.56 Å². The molecule has 5 heteroatoms. The summed E-state index contributed by atoms with van der Waals surface area (Å²) in [7, 11) is 0. The van der Waals surface area contributed by atoms with Crippen LogP contribution in [-0.4, -0.2) is 43.7 Å². The fourth-order valence-electron chi connectivity index (χ4n) is 2.72. The first kappa shape index (κ1) is 17.3. The number of guanidine groups is 1. The Labute approximate surface area is 149 Å². The second kappa shape index (κ2) is 9.08. The maximum Gasteiger partial charge on any atom is 0.191 e. The summed E-state index contributed by atoms with van der Waals surface area (Å²) in [5.41, 5.74) is 8.41. The monoisotopic (exact) mass is 339 g/mol. The maximum absolute atomic E-state index is 6.05. The zero-order chi connectivity index (χ0) is 17.3. The Morgan fingerprint density at radius 1 is 1.04 bits per heavy atom. The van der Waals surface area contributed by atoms with Gasteiger partial charge in [0.1, 0.15) is 12.4 Å². The predicted octanol–water partition coefficient (Wildman–Crippen LogP) is 2.46. The molecule has 1 fully saturated rings. The zero-order valence-electron chi connectivity index (χ0n) is 14.4. The number of nitrogens with two attached hydrogens (primary N) is 1. The average Bonchev–Trinajstić information content (AvgIpc) is 2.68. The van der Waals surface area contributed by atoms with Gasteiger partial charge in [-0.25, -0.2) is 0 Å². The van der Waals surface area contributed by atoms with Gasteiger partial charge in [0, 0.05) is 19.6 Å². The molecule has 2 aromatic rings. The minimum absolute atomic E-state index is 0.576. The van der Waals surface area contributed by atoms with Crippen LogP contribution < -0.4 is 10.5 Å². The largest absolute Gasteiger partial charge is 0.489 e. The fraction of sp³-hybridized carbons (Fsp3) is 0.350. The predicted molar refractivity (Wildman–Crippen MR) is 99.8 cm³/mol. The van der Waals surface area contributed by atoms with E-state index in [1.807, 2.05) is 30.3 Å². The van der Waals surface area contributed by atoms with Gasteiger partial charge in [0.05, 0.1) is 13.2 Å². The lowest BCUT2D eigenvalue weighted by atomic mass is 10.1. The van der Waals surface area contributed by atoms with Crippen molar-refractivity contribution in [1.82, 2.24) is 4.90 Å². The van der Waals surface area contributed by atoms with E-state index in [2.05, 4.69) is 34.2 Å². The van der Waals surface area contributed by atoms with Crippen molar-refractivity contribution in [2.24, 2.45) is 10.7 Å². The van der Waals surface area contributed by atoms with E-state index in [0.29, 0.717) is 19.1 Å². The molecule has 132 valence electrons. The van der Waals surface area contributed by atoms with Crippen LogP contribution in [0.3, 0.4) is 0 Å². The molecular weight excluding hydrogens is 314 g/mol. The standard InChI is InChI=1S/C20H25N3O2/c21-20(23-11-13-24-14-12-23)22-10-9-17-7-4-8-19(15-17)25-16-18-5-2-1-3-6-18/h1-8,15H,9-14,16H2,(H2,21,22). The van der Waals surface area contributed by atoms with Crippen LogP contribution in [0.1, 0.15) is 11.1 Å². The quantitative estimate of drug-likeness (QED) is 0.649. The van der Waals surface area contributed by atoms with E-state index in [0.717, 1.165) is 44.0 Å². The summed E-state index contributed by atoms with van der Waals surface area (Å²) in [5, 5.41) is 0. The minimum atomic E-state index is 0.576. The first-order valence-corrected chi connectivity index (χ1v) is 8.69. The topological polar surface area (TPSA) is 60.1 Å². The molecule has 2 N–H and O–H groups in total. The van der Waals surface area contributed by atoms with Gasteiger partial charge in [0.2, 0.25) is 0 Å². The molecule has 0 atom stereocenters. The Bertz CT molecular complexity index is 682. The molecule has 5 nitrogen and oxygen atoms in total. The van der Waals surface area contributed by atoms with Gasteiger partial charge in [-0.3, -0.25) is 4.99 Å². The summed E-state index contributed by atoms with van der Waals surface area (Å²) in [6, 6.07) is 18.3. The molecule has 0 amide bonds. The highest BCUT2D eigenvalue weighted by Crippen LogP contribution is 2.15. The number of ether oxygens (including phenoxy) is 2. The van der Waals surface area contributed by atoms with Crippen molar-refractivity contribution in [3.05, 3.63) is 65.7 Å². The van der Waals surface area contributed by atoms with Crippen LogP contribution in [0, 0.1) is 0 Å². The number of hydrogen-bond acceptors (Lipinski definition) is 3.